The Morgan fingerprint density at radius 3 is 2.09 bits per heavy atom. The zero-order chi connectivity index (χ0) is 22.9. The molecule has 0 bridgehead atoms. The fraction of sp³-hybridized carbons (Fsp3) is 0.286. The van der Waals surface area contributed by atoms with Crippen LogP contribution in [0.25, 0.3) is 11.1 Å². The lowest BCUT2D eigenvalue weighted by Crippen LogP contribution is -2.40. The summed E-state index contributed by atoms with van der Waals surface area (Å²) < 4.78 is 17.4. The van der Waals surface area contributed by atoms with Crippen LogP contribution in [0.5, 0.6) is 5.75 Å². The second-order valence-corrected chi connectivity index (χ2v) is 8.10. The second-order valence-electron chi connectivity index (χ2n) is 8.10. The Morgan fingerprint density at radius 2 is 1.48 bits per heavy atom. The molecule has 0 spiro atoms. The summed E-state index contributed by atoms with van der Waals surface area (Å²) in [6.45, 7) is 5.18. The molecule has 3 aromatic carbocycles. The predicted octanol–water partition coefficient (Wildman–Crippen LogP) is 4.79. The van der Waals surface area contributed by atoms with Crippen LogP contribution in [0.15, 0.2) is 78.9 Å². The summed E-state index contributed by atoms with van der Waals surface area (Å²) in [6.07, 6.45) is 1.88. The van der Waals surface area contributed by atoms with E-state index in [2.05, 4.69) is 91.1 Å². The summed E-state index contributed by atoms with van der Waals surface area (Å²) >= 11 is 0. The molecule has 0 atom stereocenters. The van der Waals surface area contributed by atoms with Crippen LogP contribution >= 0.6 is 0 Å². The summed E-state index contributed by atoms with van der Waals surface area (Å²) in [4.78, 5) is 0. The van der Waals surface area contributed by atoms with Crippen LogP contribution in [-0.4, -0.2) is 40.5 Å². The Kier molecular flexibility index (Phi) is 8.37. The van der Waals surface area contributed by atoms with Crippen LogP contribution in [0.2, 0.25) is 0 Å². The molecular formula is C28H32BNO3. The van der Waals surface area contributed by atoms with Gasteiger partial charge in [0.25, 0.3) is 0 Å². The lowest BCUT2D eigenvalue weighted by atomic mass is 9.77. The van der Waals surface area contributed by atoms with Crippen molar-refractivity contribution in [1.29, 1.82) is 0 Å². The Hall–Kier alpha value is -2.86. The minimum Gasteiger partial charge on any atom is -0.492 e. The lowest BCUT2D eigenvalue weighted by Gasteiger charge is -2.21. The van der Waals surface area contributed by atoms with E-state index in [4.69, 9.17) is 14.0 Å². The largest absolute Gasteiger partial charge is 0.493 e. The lowest BCUT2D eigenvalue weighted by molar-refractivity contribution is 0.143. The molecule has 1 heterocycles. The van der Waals surface area contributed by atoms with Gasteiger partial charge >= 0.3 is 7.12 Å². The smallest absolute Gasteiger partial charge is 0.492 e. The van der Waals surface area contributed by atoms with E-state index in [9.17, 15) is 0 Å². The van der Waals surface area contributed by atoms with E-state index >= 15 is 0 Å². The van der Waals surface area contributed by atoms with E-state index in [1.54, 1.807) is 0 Å². The maximum atomic E-state index is 5.83. The van der Waals surface area contributed by atoms with Crippen LogP contribution in [0, 0.1) is 0 Å². The zero-order valence-electron chi connectivity index (χ0n) is 19.6. The highest BCUT2D eigenvalue weighted by Crippen LogP contribution is 2.34. The quantitative estimate of drug-likeness (QED) is 0.295. The van der Waals surface area contributed by atoms with Crippen LogP contribution in [0.4, 0.5) is 0 Å². The van der Waals surface area contributed by atoms with Gasteiger partial charge in [-0.3, -0.25) is 0 Å². The topological polar surface area (TPSA) is 39.7 Å². The minimum absolute atomic E-state index is 0.269. The summed E-state index contributed by atoms with van der Waals surface area (Å²) in [6, 6.07) is 27.7. The summed E-state index contributed by atoms with van der Waals surface area (Å²) in [5.41, 5.74) is 7.21. The summed E-state index contributed by atoms with van der Waals surface area (Å²) in [5.74, 6) is 0.882. The van der Waals surface area contributed by atoms with E-state index in [0.717, 1.165) is 43.8 Å². The molecule has 4 nitrogen and oxygen atoms in total. The normalized spacial score (nSPS) is 14.7. The molecule has 5 heteroatoms. The average Bonchev–Trinajstić information content (AvgIpc) is 2.89. The van der Waals surface area contributed by atoms with Gasteiger partial charge in [0.2, 0.25) is 0 Å². The highest BCUT2D eigenvalue weighted by atomic mass is 16.6. The molecule has 1 aliphatic heterocycles. The number of benzene rings is 3. The number of nitrogens with one attached hydrogen (secondary N) is 1. The zero-order valence-corrected chi connectivity index (χ0v) is 19.6. The Balaban J connectivity index is 1.71. The van der Waals surface area contributed by atoms with E-state index in [0.29, 0.717) is 6.61 Å². The first-order chi connectivity index (χ1) is 16.3. The molecule has 1 aliphatic rings. The average molecular weight is 441 g/mol. The highest BCUT2D eigenvalue weighted by molar-refractivity contribution is 6.61. The van der Waals surface area contributed by atoms with Crippen LogP contribution in [-0.2, 0) is 9.31 Å². The molecule has 0 saturated carbocycles. The maximum Gasteiger partial charge on any atom is 0.493 e. The molecule has 1 fully saturated rings. The third-order valence-electron chi connectivity index (χ3n) is 5.84. The van der Waals surface area contributed by atoms with Gasteiger partial charge in [-0.2, -0.15) is 0 Å². The Labute approximate surface area is 197 Å². The van der Waals surface area contributed by atoms with Crippen LogP contribution in [0.1, 0.15) is 36.5 Å². The van der Waals surface area contributed by atoms with Crippen molar-refractivity contribution >= 4 is 23.7 Å². The number of hydrogen-bond donors (Lipinski definition) is 1. The van der Waals surface area contributed by atoms with E-state index < -0.39 is 0 Å². The fourth-order valence-corrected chi connectivity index (χ4v) is 4.16. The van der Waals surface area contributed by atoms with E-state index in [1.165, 1.54) is 27.8 Å². The van der Waals surface area contributed by atoms with Crippen molar-refractivity contribution in [2.24, 2.45) is 0 Å². The van der Waals surface area contributed by atoms with Crippen molar-refractivity contribution in [3.8, 4) is 5.75 Å². The first-order valence-corrected chi connectivity index (χ1v) is 11.8. The third-order valence-corrected chi connectivity index (χ3v) is 5.84. The van der Waals surface area contributed by atoms with Crippen molar-refractivity contribution in [3.63, 3.8) is 0 Å². The Bertz CT molecular complexity index is 1030. The van der Waals surface area contributed by atoms with E-state index in [1.807, 2.05) is 7.05 Å². The standard InChI is InChI=1S/C28H32BNO3/c1-3-27(22-8-5-4-6-9-22)28(24-12-16-26(17-13-24)31-21-18-30-2)23-10-14-25(15-11-23)29-32-19-7-20-33-29/h4-6,8-17,30H,3,7,18-21H2,1-2H3/b28-27-. The van der Waals surface area contributed by atoms with Crippen molar-refractivity contribution < 1.29 is 14.0 Å². The monoisotopic (exact) mass is 441 g/mol. The predicted molar refractivity (Wildman–Crippen MR) is 137 cm³/mol. The molecule has 33 heavy (non-hydrogen) atoms. The molecule has 0 radical (unpaired) electrons. The third kappa shape index (κ3) is 5.94. The fourth-order valence-electron chi connectivity index (χ4n) is 4.16. The van der Waals surface area contributed by atoms with Gasteiger partial charge in [-0.15, -0.1) is 0 Å². The molecular weight excluding hydrogens is 409 g/mol. The van der Waals surface area contributed by atoms with Gasteiger partial charge in [0.15, 0.2) is 0 Å². The van der Waals surface area contributed by atoms with Gasteiger partial charge in [0.05, 0.1) is 0 Å². The molecule has 3 aromatic rings. The van der Waals surface area contributed by atoms with Gasteiger partial charge in [0.1, 0.15) is 12.4 Å². The van der Waals surface area contributed by atoms with Gasteiger partial charge in [-0.25, -0.2) is 0 Å². The molecule has 4 rings (SSSR count). The van der Waals surface area contributed by atoms with Crippen molar-refractivity contribution in [1.82, 2.24) is 5.32 Å². The van der Waals surface area contributed by atoms with Crippen molar-refractivity contribution in [2.45, 2.75) is 19.8 Å². The number of likely N-dealkylation sites (N-methyl/N-ethyl adjacent to an activating group) is 1. The van der Waals surface area contributed by atoms with Crippen molar-refractivity contribution in [2.75, 3.05) is 33.4 Å². The van der Waals surface area contributed by atoms with Crippen LogP contribution < -0.4 is 15.5 Å². The van der Waals surface area contributed by atoms with Crippen molar-refractivity contribution in [3.05, 3.63) is 95.6 Å². The summed E-state index contributed by atoms with van der Waals surface area (Å²) in [5, 5.41) is 3.11. The number of rotatable bonds is 9. The minimum atomic E-state index is -0.269. The molecule has 0 aromatic heterocycles. The first kappa shape index (κ1) is 23.3. The maximum absolute atomic E-state index is 5.83. The molecule has 0 aliphatic carbocycles. The molecule has 1 saturated heterocycles. The highest BCUT2D eigenvalue weighted by Gasteiger charge is 2.24. The first-order valence-electron chi connectivity index (χ1n) is 11.8. The number of hydrogen-bond acceptors (Lipinski definition) is 4. The number of ether oxygens (including phenoxy) is 1. The van der Waals surface area contributed by atoms with Gasteiger partial charge < -0.3 is 19.4 Å². The van der Waals surface area contributed by atoms with Gasteiger partial charge in [-0.1, -0.05) is 73.7 Å². The SMILES string of the molecule is CC/C(=C(/c1ccc(OCCNC)cc1)c1ccc(B2OCCCO2)cc1)c1ccccc1. The van der Waals surface area contributed by atoms with Crippen LogP contribution in [0.3, 0.4) is 0 Å². The Morgan fingerprint density at radius 1 is 0.848 bits per heavy atom. The summed E-state index contributed by atoms with van der Waals surface area (Å²) in [7, 11) is 1.66. The van der Waals surface area contributed by atoms with E-state index in [-0.39, 0.29) is 7.12 Å². The van der Waals surface area contributed by atoms with Gasteiger partial charge in [-0.05, 0) is 65.3 Å². The number of allylic oxidation sites excluding steroid dienone is 1. The second kappa shape index (κ2) is 11.8. The molecule has 0 unspecified atom stereocenters. The molecule has 1 N–H and O–H groups in total. The molecule has 0 amide bonds. The van der Waals surface area contributed by atoms with Gasteiger partial charge in [0, 0.05) is 19.8 Å². The molecule has 170 valence electrons.